The van der Waals surface area contributed by atoms with Gasteiger partial charge in [0.2, 0.25) is 5.91 Å². The first-order valence-corrected chi connectivity index (χ1v) is 6.50. The van der Waals surface area contributed by atoms with Crippen LogP contribution >= 0.6 is 0 Å². The Bertz CT molecular complexity index is 374. The molecule has 1 rings (SSSR count). The zero-order valence-electron chi connectivity index (χ0n) is 11.7. The number of likely N-dealkylation sites (tertiary alicyclic amines) is 1. The Morgan fingerprint density at radius 1 is 1.45 bits per heavy atom. The molecule has 1 fully saturated rings. The van der Waals surface area contributed by atoms with E-state index in [1.54, 1.807) is 0 Å². The fourth-order valence-corrected chi connectivity index (χ4v) is 2.19. The second-order valence-corrected chi connectivity index (χ2v) is 4.61. The van der Waals surface area contributed by atoms with Gasteiger partial charge in [0, 0.05) is 27.2 Å². The van der Waals surface area contributed by atoms with Gasteiger partial charge < -0.3 is 25.4 Å². The molecule has 2 atom stereocenters. The number of hydrogen-bond donors (Lipinski definition) is 3. The first-order valence-electron chi connectivity index (χ1n) is 6.50. The summed E-state index contributed by atoms with van der Waals surface area (Å²) in [6.45, 7) is 0.610. The smallest absolute Gasteiger partial charge is 0.318 e. The second-order valence-electron chi connectivity index (χ2n) is 4.61. The van der Waals surface area contributed by atoms with Crippen LogP contribution in [0.3, 0.4) is 0 Å². The van der Waals surface area contributed by atoms with Crippen LogP contribution in [0.2, 0.25) is 0 Å². The summed E-state index contributed by atoms with van der Waals surface area (Å²) in [7, 11) is 2.92. The topological polar surface area (TPSA) is 108 Å². The molecule has 3 N–H and O–H groups in total. The number of methoxy groups -OCH3 is 1. The van der Waals surface area contributed by atoms with Gasteiger partial charge in [-0.2, -0.15) is 0 Å². The molecule has 8 heteroatoms. The fraction of sp³-hybridized carbons (Fsp3) is 0.750. The SMILES string of the molecule is CNC(=O)C1CCCN1C(=O)NCC(CC(=O)O)OC. The Hall–Kier alpha value is -1.83. The molecule has 0 spiro atoms. The summed E-state index contributed by atoms with van der Waals surface area (Å²) in [5.74, 6) is -1.18. The number of carbonyl (C=O) groups excluding carboxylic acids is 2. The molecular weight excluding hydrogens is 266 g/mol. The van der Waals surface area contributed by atoms with Crippen LogP contribution in [0.5, 0.6) is 0 Å². The number of carboxylic acid groups (broad SMARTS) is 1. The number of nitrogens with one attached hydrogen (secondary N) is 2. The van der Waals surface area contributed by atoms with E-state index in [0.29, 0.717) is 13.0 Å². The normalized spacial score (nSPS) is 19.5. The average Bonchev–Trinajstić information content (AvgIpc) is 2.91. The van der Waals surface area contributed by atoms with Gasteiger partial charge in [-0.3, -0.25) is 9.59 Å². The van der Waals surface area contributed by atoms with E-state index in [-0.39, 0.29) is 24.9 Å². The van der Waals surface area contributed by atoms with Gasteiger partial charge in [-0.15, -0.1) is 0 Å². The minimum atomic E-state index is -0.990. The number of urea groups is 1. The zero-order chi connectivity index (χ0) is 15.1. The van der Waals surface area contributed by atoms with Crippen molar-refractivity contribution in [3.05, 3.63) is 0 Å². The van der Waals surface area contributed by atoms with Crippen LogP contribution in [0, 0.1) is 0 Å². The number of hydrogen-bond acceptors (Lipinski definition) is 4. The molecule has 3 amide bonds. The molecule has 0 radical (unpaired) electrons. The lowest BCUT2D eigenvalue weighted by Gasteiger charge is -2.24. The van der Waals surface area contributed by atoms with E-state index in [0.717, 1.165) is 6.42 Å². The first kappa shape index (κ1) is 16.2. The largest absolute Gasteiger partial charge is 0.481 e. The Labute approximate surface area is 117 Å². The van der Waals surface area contributed by atoms with Crippen molar-refractivity contribution in [3.63, 3.8) is 0 Å². The number of amides is 3. The van der Waals surface area contributed by atoms with Gasteiger partial charge in [-0.1, -0.05) is 0 Å². The number of carboxylic acids is 1. The summed E-state index contributed by atoms with van der Waals surface area (Å²) < 4.78 is 4.98. The van der Waals surface area contributed by atoms with E-state index in [2.05, 4.69) is 10.6 Å². The number of rotatable bonds is 6. The van der Waals surface area contributed by atoms with Crippen molar-refractivity contribution in [1.29, 1.82) is 0 Å². The molecule has 1 aliphatic rings. The molecule has 0 saturated carbocycles. The average molecular weight is 287 g/mol. The summed E-state index contributed by atoms with van der Waals surface area (Å²) in [6.07, 6.45) is 0.636. The highest BCUT2D eigenvalue weighted by atomic mass is 16.5. The Morgan fingerprint density at radius 2 is 2.15 bits per heavy atom. The molecule has 8 nitrogen and oxygen atoms in total. The predicted molar refractivity (Wildman–Crippen MR) is 70.2 cm³/mol. The van der Waals surface area contributed by atoms with Gasteiger partial charge in [0.1, 0.15) is 6.04 Å². The third-order valence-corrected chi connectivity index (χ3v) is 3.28. The molecule has 20 heavy (non-hydrogen) atoms. The van der Waals surface area contributed by atoms with Crippen LogP contribution in [0.15, 0.2) is 0 Å². The second kappa shape index (κ2) is 7.68. The van der Waals surface area contributed by atoms with E-state index in [1.165, 1.54) is 19.1 Å². The predicted octanol–water partition coefficient (Wildman–Crippen LogP) is -0.604. The molecule has 0 aromatic heterocycles. The number of likely N-dealkylation sites (N-methyl/N-ethyl adjacent to an activating group) is 1. The van der Waals surface area contributed by atoms with Crippen molar-refractivity contribution in [3.8, 4) is 0 Å². The molecule has 114 valence electrons. The van der Waals surface area contributed by atoms with Crippen molar-refractivity contribution in [1.82, 2.24) is 15.5 Å². The van der Waals surface area contributed by atoms with Crippen molar-refractivity contribution < 1.29 is 24.2 Å². The first-order chi connectivity index (χ1) is 9.49. The van der Waals surface area contributed by atoms with Gasteiger partial charge in [-0.25, -0.2) is 4.79 Å². The summed E-state index contributed by atoms with van der Waals surface area (Å²) >= 11 is 0. The van der Waals surface area contributed by atoms with Gasteiger partial charge in [0.05, 0.1) is 12.5 Å². The standard InChI is InChI=1S/C12H21N3O5/c1-13-11(18)9-4-3-5-15(9)12(19)14-7-8(20-2)6-10(16)17/h8-9H,3-7H2,1-2H3,(H,13,18)(H,14,19)(H,16,17). The summed E-state index contributed by atoms with van der Waals surface area (Å²) in [5.41, 5.74) is 0. The third kappa shape index (κ3) is 4.37. The highest BCUT2D eigenvalue weighted by molar-refractivity contribution is 5.87. The molecule has 0 aromatic carbocycles. The lowest BCUT2D eigenvalue weighted by molar-refractivity contribution is -0.139. The summed E-state index contributed by atoms with van der Waals surface area (Å²) in [5, 5.41) is 13.8. The van der Waals surface area contributed by atoms with Crippen LogP contribution in [0.4, 0.5) is 4.79 Å². The molecule has 1 saturated heterocycles. The highest BCUT2D eigenvalue weighted by Crippen LogP contribution is 2.17. The monoisotopic (exact) mass is 287 g/mol. The molecule has 0 bridgehead atoms. The van der Waals surface area contributed by atoms with Crippen LogP contribution < -0.4 is 10.6 Å². The van der Waals surface area contributed by atoms with E-state index in [4.69, 9.17) is 9.84 Å². The maximum Gasteiger partial charge on any atom is 0.318 e. The van der Waals surface area contributed by atoms with Crippen molar-refractivity contribution in [2.45, 2.75) is 31.4 Å². The van der Waals surface area contributed by atoms with Crippen LogP contribution in [-0.4, -0.2) is 67.3 Å². The maximum atomic E-state index is 12.0. The molecular formula is C12H21N3O5. The molecule has 1 aliphatic heterocycles. The summed E-state index contributed by atoms with van der Waals surface area (Å²) in [6, 6.07) is -0.830. The van der Waals surface area contributed by atoms with E-state index < -0.39 is 18.1 Å². The van der Waals surface area contributed by atoms with Gasteiger partial charge in [-0.05, 0) is 12.8 Å². The minimum Gasteiger partial charge on any atom is -0.481 e. The molecule has 2 unspecified atom stereocenters. The van der Waals surface area contributed by atoms with Crippen molar-refractivity contribution in [2.75, 3.05) is 27.2 Å². The van der Waals surface area contributed by atoms with Crippen LogP contribution in [0.1, 0.15) is 19.3 Å². The third-order valence-electron chi connectivity index (χ3n) is 3.28. The lowest BCUT2D eigenvalue weighted by atomic mass is 10.2. The van der Waals surface area contributed by atoms with E-state index in [9.17, 15) is 14.4 Å². The van der Waals surface area contributed by atoms with Gasteiger partial charge >= 0.3 is 12.0 Å². The number of carbonyl (C=O) groups is 3. The number of aliphatic carboxylic acids is 1. The van der Waals surface area contributed by atoms with Crippen LogP contribution in [-0.2, 0) is 14.3 Å². The number of ether oxygens (including phenoxy) is 1. The van der Waals surface area contributed by atoms with E-state index in [1.807, 2.05) is 0 Å². The number of nitrogens with zero attached hydrogens (tertiary/aromatic N) is 1. The quantitative estimate of drug-likeness (QED) is 0.604. The lowest BCUT2D eigenvalue weighted by Crippen LogP contribution is -2.50. The molecule has 0 aliphatic carbocycles. The van der Waals surface area contributed by atoms with E-state index >= 15 is 0 Å². The highest BCUT2D eigenvalue weighted by Gasteiger charge is 2.33. The molecule has 0 aromatic rings. The zero-order valence-corrected chi connectivity index (χ0v) is 11.7. The summed E-state index contributed by atoms with van der Waals surface area (Å²) in [4.78, 5) is 35.7. The van der Waals surface area contributed by atoms with Gasteiger partial charge in [0.15, 0.2) is 0 Å². The molecule has 1 heterocycles. The van der Waals surface area contributed by atoms with Crippen molar-refractivity contribution >= 4 is 17.9 Å². The van der Waals surface area contributed by atoms with Gasteiger partial charge in [0.25, 0.3) is 0 Å². The van der Waals surface area contributed by atoms with Crippen molar-refractivity contribution in [2.24, 2.45) is 0 Å². The fourth-order valence-electron chi connectivity index (χ4n) is 2.19. The van der Waals surface area contributed by atoms with Crippen LogP contribution in [0.25, 0.3) is 0 Å². The Morgan fingerprint density at radius 3 is 2.70 bits per heavy atom. The Kier molecular flexibility index (Phi) is 6.23. The minimum absolute atomic E-state index is 0.0958. The Balaban J connectivity index is 2.49. The maximum absolute atomic E-state index is 12.0.